The maximum atomic E-state index is 5.89. The topological polar surface area (TPSA) is 50.9 Å². The first-order valence-corrected chi connectivity index (χ1v) is 6.33. The van der Waals surface area contributed by atoms with E-state index in [9.17, 15) is 0 Å². The Hall–Kier alpha value is -1.35. The van der Waals surface area contributed by atoms with E-state index in [4.69, 9.17) is 5.73 Å². The summed E-state index contributed by atoms with van der Waals surface area (Å²) in [6.45, 7) is 3.24. The standard InChI is InChI=1S/C14H21N3/c1-11(3-2-7-17-13-4-5-13)9-12-10-16-8-6-14(12)15/h3,6,8,10,13,17H,2,4-5,7,9H2,1H3,(H2,15,16). The third-order valence-corrected chi connectivity index (χ3v) is 3.06. The van der Waals surface area contributed by atoms with Crippen LogP contribution < -0.4 is 11.1 Å². The molecule has 2 rings (SSSR count). The van der Waals surface area contributed by atoms with Crippen molar-refractivity contribution >= 4 is 5.69 Å². The van der Waals surface area contributed by atoms with Crippen molar-refractivity contribution in [2.45, 2.75) is 38.6 Å². The van der Waals surface area contributed by atoms with Gasteiger partial charge in [0.1, 0.15) is 0 Å². The Balaban J connectivity index is 1.76. The van der Waals surface area contributed by atoms with Gasteiger partial charge >= 0.3 is 0 Å². The summed E-state index contributed by atoms with van der Waals surface area (Å²) in [5.41, 5.74) is 9.21. The molecule has 0 aromatic carbocycles. The number of allylic oxidation sites excluding steroid dienone is 1. The zero-order chi connectivity index (χ0) is 12.1. The van der Waals surface area contributed by atoms with E-state index >= 15 is 0 Å². The molecule has 1 aromatic rings. The van der Waals surface area contributed by atoms with Crippen LogP contribution in [0.3, 0.4) is 0 Å². The fourth-order valence-electron chi connectivity index (χ4n) is 1.85. The van der Waals surface area contributed by atoms with E-state index in [-0.39, 0.29) is 0 Å². The molecule has 3 nitrogen and oxygen atoms in total. The van der Waals surface area contributed by atoms with Crippen LogP contribution in [-0.2, 0) is 6.42 Å². The molecule has 3 N–H and O–H groups in total. The first-order valence-electron chi connectivity index (χ1n) is 6.33. The Morgan fingerprint density at radius 2 is 2.41 bits per heavy atom. The summed E-state index contributed by atoms with van der Waals surface area (Å²) in [6.07, 6.45) is 10.6. The van der Waals surface area contributed by atoms with Crippen LogP contribution in [0.25, 0.3) is 0 Å². The molecule has 17 heavy (non-hydrogen) atoms. The molecule has 1 aliphatic rings. The van der Waals surface area contributed by atoms with Gasteiger partial charge in [-0.05, 0) is 50.8 Å². The highest BCUT2D eigenvalue weighted by Crippen LogP contribution is 2.18. The molecule has 0 unspecified atom stereocenters. The number of hydrogen-bond donors (Lipinski definition) is 2. The van der Waals surface area contributed by atoms with Crippen LogP contribution in [0, 0.1) is 0 Å². The van der Waals surface area contributed by atoms with Crippen molar-refractivity contribution in [1.82, 2.24) is 10.3 Å². The van der Waals surface area contributed by atoms with E-state index in [1.54, 1.807) is 6.20 Å². The van der Waals surface area contributed by atoms with E-state index < -0.39 is 0 Å². The Bertz CT molecular complexity index is 394. The number of aromatic nitrogens is 1. The molecule has 0 aliphatic heterocycles. The molecule has 0 spiro atoms. The summed E-state index contributed by atoms with van der Waals surface area (Å²) in [5, 5.41) is 3.51. The van der Waals surface area contributed by atoms with Gasteiger partial charge in [-0.2, -0.15) is 0 Å². The van der Waals surface area contributed by atoms with Gasteiger partial charge in [0.2, 0.25) is 0 Å². The van der Waals surface area contributed by atoms with Gasteiger partial charge in [-0.3, -0.25) is 4.98 Å². The number of nitrogens with one attached hydrogen (secondary N) is 1. The lowest BCUT2D eigenvalue weighted by Crippen LogP contribution is -2.16. The van der Waals surface area contributed by atoms with Crippen LogP contribution in [0.1, 0.15) is 31.7 Å². The Morgan fingerprint density at radius 3 is 3.12 bits per heavy atom. The molecule has 3 heteroatoms. The second kappa shape index (κ2) is 5.82. The van der Waals surface area contributed by atoms with Crippen molar-refractivity contribution in [2.24, 2.45) is 0 Å². The van der Waals surface area contributed by atoms with Crippen molar-refractivity contribution in [3.63, 3.8) is 0 Å². The number of rotatable bonds is 6. The number of nitrogens with two attached hydrogens (primary N) is 1. The lowest BCUT2D eigenvalue weighted by molar-refractivity contribution is 0.688. The van der Waals surface area contributed by atoms with Gasteiger partial charge in [0.05, 0.1) is 0 Å². The molecule has 1 saturated carbocycles. The van der Waals surface area contributed by atoms with Gasteiger partial charge in [-0.25, -0.2) is 0 Å². The summed E-state index contributed by atoms with van der Waals surface area (Å²) >= 11 is 0. The second-order valence-electron chi connectivity index (χ2n) is 4.82. The fourth-order valence-corrected chi connectivity index (χ4v) is 1.85. The molecule has 0 bridgehead atoms. The summed E-state index contributed by atoms with van der Waals surface area (Å²) < 4.78 is 0. The maximum Gasteiger partial charge on any atom is 0.0380 e. The van der Waals surface area contributed by atoms with E-state index in [0.717, 1.165) is 36.7 Å². The first-order chi connectivity index (χ1) is 8.25. The minimum Gasteiger partial charge on any atom is -0.398 e. The Labute approximate surface area is 103 Å². The van der Waals surface area contributed by atoms with Gasteiger partial charge in [-0.15, -0.1) is 0 Å². The van der Waals surface area contributed by atoms with E-state index in [0.29, 0.717) is 0 Å². The molecule has 0 radical (unpaired) electrons. The van der Waals surface area contributed by atoms with Crippen LogP contribution in [-0.4, -0.2) is 17.6 Å². The highest BCUT2D eigenvalue weighted by Gasteiger charge is 2.19. The van der Waals surface area contributed by atoms with Crippen molar-refractivity contribution in [1.29, 1.82) is 0 Å². The number of pyridine rings is 1. The summed E-state index contributed by atoms with van der Waals surface area (Å²) in [5.74, 6) is 0. The third kappa shape index (κ3) is 4.19. The molecule has 1 heterocycles. The zero-order valence-electron chi connectivity index (χ0n) is 10.4. The van der Waals surface area contributed by atoms with Crippen LogP contribution in [0.15, 0.2) is 30.1 Å². The average Bonchev–Trinajstić information content (AvgIpc) is 3.12. The number of anilines is 1. The molecule has 1 aliphatic carbocycles. The molecule has 0 atom stereocenters. The van der Waals surface area contributed by atoms with Crippen LogP contribution >= 0.6 is 0 Å². The van der Waals surface area contributed by atoms with Crippen molar-refractivity contribution in [3.05, 3.63) is 35.7 Å². The highest BCUT2D eigenvalue weighted by molar-refractivity contribution is 5.45. The number of nitrogens with zero attached hydrogens (tertiary/aromatic N) is 1. The molecule has 0 amide bonds. The lowest BCUT2D eigenvalue weighted by atomic mass is 10.1. The fraction of sp³-hybridized carbons (Fsp3) is 0.500. The molecule has 1 aromatic heterocycles. The molecular formula is C14H21N3. The third-order valence-electron chi connectivity index (χ3n) is 3.06. The van der Waals surface area contributed by atoms with Gasteiger partial charge in [-0.1, -0.05) is 11.6 Å². The van der Waals surface area contributed by atoms with Gasteiger partial charge in [0.25, 0.3) is 0 Å². The van der Waals surface area contributed by atoms with E-state index in [1.807, 2.05) is 12.3 Å². The van der Waals surface area contributed by atoms with Crippen molar-refractivity contribution in [3.8, 4) is 0 Å². The molecule has 92 valence electrons. The van der Waals surface area contributed by atoms with Gasteiger partial charge in [0, 0.05) is 24.1 Å². The van der Waals surface area contributed by atoms with Crippen LogP contribution in [0.4, 0.5) is 5.69 Å². The molecule has 1 fully saturated rings. The van der Waals surface area contributed by atoms with Crippen molar-refractivity contribution in [2.75, 3.05) is 12.3 Å². The maximum absolute atomic E-state index is 5.89. The average molecular weight is 231 g/mol. The quantitative estimate of drug-likeness (QED) is 0.583. The lowest BCUT2D eigenvalue weighted by Gasteiger charge is -2.05. The minimum absolute atomic E-state index is 0.803. The molecule has 0 saturated heterocycles. The first kappa shape index (κ1) is 12.1. The van der Waals surface area contributed by atoms with E-state index in [2.05, 4.69) is 23.3 Å². The number of nitrogen functional groups attached to an aromatic ring is 1. The largest absolute Gasteiger partial charge is 0.398 e. The van der Waals surface area contributed by atoms with Crippen LogP contribution in [0.5, 0.6) is 0 Å². The van der Waals surface area contributed by atoms with Crippen molar-refractivity contribution < 1.29 is 0 Å². The normalized spacial score (nSPS) is 16.2. The second-order valence-corrected chi connectivity index (χ2v) is 4.82. The van der Waals surface area contributed by atoms with Gasteiger partial charge < -0.3 is 11.1 Å². The highest BCUT2D eigenvalue weighted by atomic mass is 14.9. The minimum atomic E-state index is 0.803. The predicted molar refractivity (Wildman–Crippen MR) is 71.8 cm³/mol. The number of hydrogen-bond acceptors (Lipinski definition) is 3. The summed E-state index contributed by atoms with van der Waals surface area (Å²) in [7, 11) is 0. The predicted octanol–water partition coefficient (Wildman–Crippen LogP) is 2.29. The SMILES string of the molecule is CC(=CCCNC1CC1)Cc1cnccc1N. The smallest absolute Gasteiger partial charge is 0.0380 e. The summed E-state index contributed by atoms with van der Waals surface area (Å²) in [6, 6.07) is 2.66. The monoisotopic (exact) mass is 231 g/mol. The summed E-state index contributed by atoms with van der Waals surface area (Å²) in [4.78, 5) is 4.11. The van der Waals surface area contributed by atoms with Crippen LogP contribution in [0.2, 0.25) is 0 Å². The zero-order valence-corrected chi connectivity index (χ0v) is 10.4. The van der Waals surface area contributed by atoms with E-state index in [1.165, 1.54) is 18.4 Å². The molecular weight excluding hydrogens is 210 g/mol. The Morgan fingerprint density at radius 1 is 1.59 bits per heavy atom. The Kier molecular flexibility index (Phi) is 4.15. The van der Waals surface area contributed by atoms with Gasteiger partial charge in [0.15, 0.2) is 0 Å².